The molecule has 0 bridgehead atoms. The molecule has 1 aliphatic heterocycles. The van der Waals surface area contributed by atoms with E-state index in [1.807, 2.05) is 0 Å². The third kappa shape index (κ3) is 4.03. The van der Waals surface area contributed by atoms with Crippen LogP contribution in [0.4, 0.5) is 13.2 Å². The number of nitrogens with zero attached hydrogens (tertiary/aromatic N) is 3. The van der Waals surface area contributed by atoms with Gasteiger partial charge in [-0.25, -0.2) is 13.2 Å². The molecule has 30 heavy (non-hydrogen) atoms. The van der Waals surface area contributed by atoms with Crippen LogP contribution in [-0.4, -0.2) is 39.0 Å². The lowest BCUT2D eigenvalue weighted by Gasteiger charge is -2.34. The monoisotopic (exact) mass is 442 g/mol. The first-order valence-corrected chi connectivity index (χ1v) is 9.70. The Balaban J connectivity index is 1.93. The first-order chi connectivity index (χ1) is 13.8. The van der Waals surface area contributed by atoms with Crippen molar-refractivity contribution in [2.75, 3.05) is 6.54 Å². The van der Waals surface area contributed by atoms with Crippen LogP contribution in [0.15, 0.2) is 18.2 Å². The fraction of sp³-hybridized carbons (Fsp3) is 0.450. The zero-order valence-electron chi connectivity index (χ0n) is 16.8. The number of halogens is 4. The molecule has 0 radical (unpaired) electrons. The highest BCUT2D eigenvalue weighted by molar-refractivity contribution is 6.31. The van der Waals surface area contributed by atoms with Gasteiger partial charge in [0.2, 0.25) is 5.91 Å². The molecule has 0 fully saturated rings. The normalized spacial score (nSPS) is 14.6. The standard InChI is InChI=1S/C20H22ClF3N4O2/c1-19(2,20(3,23)24)9-15(29)27-6-7-28-14(10-27)16(18(25)30)17(26-28)11-4-5-13(22)12(21)8-11/h4-5,8H,6-7,9-10H2,1-3H3,(H2,25,30). The second-order valence-corrected chi connectivity index (χ2v) is 8.56. The third-order valence-electron chi connectivity index (χ3n) is 5.55. The lowest BCUT2D eigenvalue weighted by atomic mass is 9.82. The topological polar surface area (TPSA) is 81.2 Å². The zero-order valence-corrected chi connectivity index (χ0v) is 17.6. The Kier molecular flexibility index (Phi) is 5.62. The Hall–Kier alpha value is -2.55. The smallest absolute Gasteiger partial charge is 0.252 e. The highest BCUT2D eigenvalue weighted by atomic mass is 35.5. The molecular weight excluding hydrogens is 421 g/mol. The van der Waals surface area contributed by atoms with E-state index in [-0.39, 0.29) is 42.3 Å². The van der Waals surface area contributed by atoms with Crippen LogP contribution in [0.3, 0.4) is 0 Å². The predicted octanol–water partition coefficient (Wildman–Crippen LogP) is 3.86. The van der Waals surface area contributed by atoms with Crippen LogP contribution in [-0.2, 0) is 17.9 Å². The van der Waals surface area contributed by atoms with Crippen LogP contribution in [0, 0.1) is 11.2 Å². The summed E-state index contributed by atoms with van der Waals surface area (Å²) in [5.74, 6) is -4.86. The zero-order chi connectivity index (χ0) is 22.4. The van der Waals surface area contributed by atoms with E-state index in [0.29, 0.717) is 11.3 Å². The van der Waals surface area contributed by atoms with Crippen molar-refractivity contribution < 1.29 is 22.8 Å². The number of alkyl halides is 2. The minimum Gasteiger partial charge on any atom is -0.365 e. The van der Waals surface area contributed by atoms with Crippen LogP contribution in [0.5, 0.6) is 0 Å². The molecule has 3 rings (SSSR count). The predicted molar refractivity (Wildman–Crippen MR) is 106 cm³/mol. The summed E-state index contributed by atoms with van der Waals surface area (Å²) in [5.41, 5.74) is 5.17. The van der Waals surface area contributed by atoms with Crippen molar-refractivity contribution >= 4 is 23.4 Å². The van der Waals surface area contributed by atoms with Gasteiger partial charge in [-0.3, -0.25) is 14.3 Å². The summed E-state index contributed by atoms with van der Waals surface area (Å²) < 4.78 is 42.7. The molecule has 0 atom stereocenters. The Morgan fingerprint density at radius 1 is 1.23 bits per heavy atom. The maximum atomic E-state index is 13.8. The number of primary amides is 1. The second-order valence-electron chi connectivity index (χ2n) is 8.15. The SMILES string of the molecule is CC(F)(F)C(C)(C)CC(=O)N1CCn2nc(-c3ccc(F)c(Cl)c3)c(C(N)=O)c2C1. The lowest BCUT2D eigenvalue weighted by Crippen LogP contribution is -2.44. The van der Waals surface area contributed by atoms with Crippen LogP contribution in [0.1, 0.15) is 43.2 Å². The van der Waals surface area contributed by atoms with Crippen molar-refractivity contribution in [3.05, 3.63) is 40.3 Å². The average molecular weight is 443 g/mol. The van der Waals surface area contributed by atoms with Gasteiger partial charge in [0.25, 0.3) is 11.8 Å². The minimum absolute atomic E-state index is 0.00436. The molecule has 1 aromatic carbocycles. The Morgan fingerprint density at radius 2 is 1.90 bits per heavy atom. The van der Waals surface area contributed by atoms with E-state index in [1.54, 1.807) is 4.68 Å². The lowest BCUT2D eigenvalue weighted by molar-refractivity contribution is -0.145. The van der Waals surface area contributed by atoms with Crippen LogP contribution in [0.25, 0.3) is 11.3 Å². The first kappa shape index (κ1) is 22.1. The van der Waals surface area contributed by atoms with Crippen molar-refractivity contribution in [2.24, 2.45) is 11.1 Å². The molecule has 1 aliphatic rings. The van der Waals surface area contributed by atoms with E-state index in [1.165, 1.54) is 30.9 Å². The van der Waals surface area contributed by atoms with Crippen molar-refractivity contribution in [3.8, 4) is 11.3 Å². The molecule has 2 amide bonds. The fourth-order valence-corrected chi connectivity index (χ4v) is 3.46. The molecule has 0 saturated carbocycles. The number of carbonyl (C=O) groups is 2. The Bertz CT molecular complexity index is 1010. The molecule has 10 heteroatoms. The molecule has 162 valence electrons. The molecule has 0 saturated heterocycles. The highest BCUT2D eigenvalue weighted by Crippen LogP contribution is 2.39. The van der Waals surface area contributed by atoms with E-state index < -0.39 is 29.0 Å². The number of aromatic nitrogens is 2. The maximum Gasteiger partial charge on any atom is 0.252 e. The van der Waals surface area contributed by atoms with Gasteiger partial charge in [-0.05, 0) is 25.1 Å². The van der Waals surface area contributed by atoms with Gasteiger partial charge in [-0.1, -0.05) is 25.4 Å². The van der Waals surface area contributed by atoms with Gasteiger partial charge in [0.15, 0.2) is 0 Å². The molecule has 2 aromatic rings. The van der Waals surface area contributed by atoms with Crippen LogP contribution < -0.4 is 5.73 Å². The Labute approximate surface area is 176 Å². The number of hydrogen-bond donors (Lipinski definition) is 1. The molecule has 1 aromatic heterocycles. The molecule has 0 spiro atoms. The van der Waals surface area contributed by atoms with E-state index in [9.17, 15) is 22.8 Å². The summed E-state index contributed by atoms with van der Waals surface area (Å²) in [7, 11) is 0. The van der Waals surface area contributed by atoms with Gasteiger partial charge in [0.05, 0.1) is 29.4 Å². The molecular formula is C20H22ClF3N4O2. The van der Waals surface area contributed by atoms with E-state index >= 15 is 0 Å². The summed E-state index contributed by atoms with van der Waals surface area (Å²) in [4.78, 5) is 26.3. The summed E-state index contributed by atoms with van der Waals surface area (Å²) >= 11 is 5.85. The number of rotatable bonds is 5. The summed E-state index contributed by atoms with van der Waals surface area (Å²) in [5, 5.41) is 4.27. The van der Waals surface area contributed by atoms with Gasteiger partial charge in [-0.15, -0.1) is 0 Å². The van der Waals surface area contributed by atoms with Gasteiger partial charge >= 0.3 is 0 Å². The quantitative estimate of drug-likeness (QED) is 0.763. The number of nitrogens with two attached hydrogens (primary N) is 1. The largest absolute Gasteiger partial charge is 0.365 e. The first-order valence-electron chi connectivity index (χ1n) is 9.32. The molecule has 0 aliphatic carbocycles. The summed E-state index contributed by atoms with van der Waals surface area (Å²) in [6.45, 7) is 3.98. The van der Waals surface area contributed by atoms with Crippen LogP contribution in [0.2, 0.25) is 5.02 Å². The third-order valence-corrected chi connectivity index (χ3v) is 5.84. The molecule has 0 unspecified atom stereocenters. The fourth-order valence-electron chi connectivity index (χ4n) is 3.28. The number of fused-ring (bicyclic) bond motifs is 1. The van der Waals surface area contributed by atoms with Crippen molar-refractivity contribution in [2.45, 2.75) is 46.2 Å². The van der Waals surface area contributed by atoms with E-state index in [4.69, 9.17) is 17.3 Å². The van der Waals surface area contributed by atoms with Gasteiger partial charge in [-0.2, -0.15) is 5.10 Å². The second kappa shape index (κ2) is 7.61. The number of benzene rings is 1. The van der Waals surface area contributed by atoms with Crippen molar-refractivity contribution in [1.29, 1.82) is 0 Å². The Morgan fingerprint density at radius 3 is 2.47 bits per heavy atom. The number of carbonyl (C=O) groups excluding carboxylic acids is 2. The van der Waals surface area contributed by atoms with Crippen molar-refractivity contribution in [1.82, 2.24) is 14.7 Å². The minimum atomic E-state index is -3.03. The van der Waals surface area contributed by atoms with E-state index in [2.05, 4.69) is 5.10 Å². The molecule has 2 heterocycles. The summed E-state index contributed by atoms with van der Waals surface area (Å²) in [6, 6.07) is 3.92. The summed E-state index contributed by atoms with van der Waals surface area (Å²) in [6.07, 6.45) is -0.350. The van der Waals surface area contributed by atoms with Gasteiger partial charge < -0.3 is 10.6 Å². The van der Waals surface area contributed by atoms with Gasteiger partial charge in [0.1, 0.15) is 11.5 Å². The van der Waals surface area contributed by atoms with Gasteiger partial charge in [0, 0.05) is 23.9 Å². The van der Waals surface area contributed by atoms with E-state index in [0.717, 1.165) is 13.0 Å². The van der Waals surface area contributed by atoms with Crippen LogP contribution >= 0.6 is 11.6 Å². The average Bonchev–Trinajstić information content (AvgIpc) is 3.01. The maximum absolute atomic E-state index is 13.8. The van der Waals surface area contributed by atoms with Crippen molar-refractivity contribution in [3.63, 3.8) is 0 Å². The molecule has 2 N–H and O–H groups in total. The molecule has 6 nitrogen and oxygen atoms in total. The number of amides is 2. The highest BCUT2D eigenvalue weighted by Gasteiger charge is 2.44. The number of hydrogen-bond acceptors (Lipinski definition) is 3.